The van der Waals surface area contributed by atoms with E-state index in [0.717, 1.165) is 0 Å². The van der Waals surface area contributed by atoms with E-state index in [0.29, 0.717) is 10.8 Å². The number of benzene rings is 1. The predicted molar refractivity (Wildman–Crippen MR) is 76.1 cm³/mol. The summed E-state index contributed by atoms with van der Waals surface area (Å²) in [6.07, 6.45) is -1.17. The molecule has 1 rings (SSSR count). The van der Waals surface area contributed by atoms with E-state index in [4.69, 9.17) is 33.0 Å². The average Bonchev–Trinajstić information content (AvgIpc) is 2.22. The fourth-order valence-corrected chi connectivity index (χ4v) is 1.68. The van der Waals surface area contributed by atoms with Crippen molar-refractivity contribution in [1.82, 2.24) is 5.32 Å². The lowest BCUT2D eigenvalue weighted by Gasteiger charge is -2.41. The van der Waals surface area contributed by atoms with Gasteiger partial charge in [0.05, 0.1) is 5.02 Å². The van der Waals surface area contributed by atoms with Gasteiger partial charge in [-0.1, -0.05) is 50.0 Å². The molecule has 0 spiro atoms. The second kappa shape index (κ2) is 5.47. The van der Waals surface area contributed by atoms with Crippen molar-refractivity contribution in [3.63, 3.8) is 0 Å². The summed E-state index contributed by atoms with van der Waals surface area (Å²) in [5, 5.41) is 12.0. The Bertz CT molecular complexity index is 485. The van der Waals surface area contributed by atoms with E-state index in [1.165, 1.54) is 0 Å². The topological polar surface area (TPSA) is 58.6 Å². The molecule has 0 aliphatic heterocycles. The van der Waals surface area contributed by atoms with Crippen LogP contribution >= 0.6 is 23.2 Å². The molecule has 0 saturated carbocycles. The summed E-state index contributed by atoms with van der Waals surface area (Å²) in [5.41, 5.74) is -1.63. The highest BCUT2D eigenvalue weighted by atomic mass is 35.5. The number of halogens is 2. The van der Waals surface area contributed by atoms with Crippen LogP contribution in [-0.2, 0) is 0 Å². The Labute approximate surface area is 122 Å². The van der Waals surface area contributed by atoms with Crippen molar-refractivity contribution >= 4 is 29.3 Å². The Balaban J connectivity index is 3.15. The standard InChI is InChI=1S/C13H17Cl2NO3/c1-12(2,3)13(4,16-11(17)18)19-9-7-5-6-8(14)10(9)15/h5-7,16H,1-4H3,(H,17,18). The largest absolute Gasteiger partial charge is 0.466 e. The molecular formula is C13H17Cl2NO3. The summed E-state index contributed by atoms with van der Waals surface area (Å²) in [4.78, 5) is 11.0. The third kappa shape index (κ3) is 3.67. The number of hydrogen-bond donors (Lipinski definition) is 2. The summed E-state index contributed by atoms with van der Waals surface area (Å²) in [6, 6.07) is 4.96. The fourth-order valence-electron chi connectivity index (χ4n) is 1.35. The first-order valence-electron chi connectivity index (χ1n) is 5.71. The molecule has 0 saturated heterocycles. The van der Waals surface area contributed by atoms with Gasteiger partial charge < -0.3 is 9.84 Å². The van der Waals surface area contributed by atoms with Gasteiger partial charge in [-0.05, 0) is 19.1 Å². The van der Waals surface area contributed by atoms with Crippen LogP contribution in [0.4, 0.5) is 4.79 Å². The molecule has 0 radical (unpaired) electrons. The van der Waals surface area contributed by atoms with Gasteiger partial charge in [0, 0.05) is 5.41 Å². The Morgan fingerprint density at radius 1 is 1.26 bits per heavy atom. The second-order valence-electron chi connectivity index (χ2n) is 5.37. The first-order valence-corrected chi connectivity index (χ1v) is 6.46. The quantitative estimate of drug-likeness (QED) is 0.814. The van der Waals surface area contributed by atoms with Crippen molar-refractivity contribution in [2.24, 2.45) is 5.41 Å². The molecule has 1 aromatic carbocycles. The molecule has 4 nitrogen and oxygen atoms in total. The molecular weight excluding hydrogens is 289 g/mol. The Kier molecular flexibility index (Phi) is 4.59. The van der Waals surface area contributed by atoms with E-state index in [-0.39, 0.29) is 5.02 Å². The zero-order chi connectivity index (χ0) is 14.8. The number of carbonyl (C=O) groups is 1. The highest BCUT2D eigenvalue weighted by molar-refractivity contribution is 6.42. The van der Waals surface area contributed by atoms with Crippen LogP contribution in [-0.4, -0.2) is 16.9 Å². The van der Waals surface area contributed by atoms with Crippen molar-refractivity contribution < 1.29 is 14.6 Å². The van der Waals surface area contributed by atoms with Gasteiger partial charge in [0.15, 0.2) is 5.72 Å². The maximum atomic E-state index is 11.0. The van der Waals surface area contributed by atoms with E-state index in [9.17, 15) is 4.79 Å². The van der Waals surface area contributed by atoms with Crippen LogP contribution in [0.25, 0.3) is 0 Å². The first kappa shape index (κ1) is 15.9. The zero-order valence-corrected chi connectivity index (χ0v) is 12.8. The maximum Gasteiger partial charge on any atom is 0.407 e. The van der Waals surface area contributed by atoms with Gasteiger partial charge in [-0.2, -0.15) is 0 Å². The van der Waals surface area contributed by atoms with Gasteiger partial charge in [-0.25, -0.2) is 4.79 Å². The van der Waals surface area contributed by atoms with Gasteiger partial charge in [0.1, 0.15) is 10.8 Å². The molecule has 1 amide bonds. The van der Waals surface area contributed by atoms with Crippen LogP contribution in [0.1, 0.15) is 27.7 Å². The number of amides is 1. The molecule has 1 unspecified atom stereocenters. The molecule has 0 heterocycles. The van der Waals surface area contributed by atoms with Gasteiger partial charge in [0.2, 0.25) is 0 Å². The van der Waals surface area contributed by atoms with Gasteiger partial charge in [-0.15, -0.1) is 0 Å². The summed E-state index contributed by atoms with van der Waals surface area (Å²) in [6.45, 7) is 7.24. The van der Waals surface area contributed by atoms with E-state index in [1.54, 1.807) is 25.1 Å². The van der Waals surface area contributed by atoms with Crippen LogP contribution in [0.15, 0.2) is 18.2 Å². The molecule has 6 heteroatoms. The van der Waals surface area contributed by atoms with Crippen LogP contribution < -0.4 is 10.1 Å². The SMILES string of the molecule is CC(C)(C)C(C)(NC(=O)O)Oc1cccc(Cl)c1Cl. The van der Waals surface area contributed by atoms with Crippen LogP contribution in [0, 0.1) is 5.41 Å². The minimum Gasteiger partial charge on any atom is -0.466 e. The molecule has 0 fully saturated rings. The average molecular weight is 306 g/mol. The molecule has 19 heavy (non-hydrogen) atoms. The number of rotatable bonds is 3. The number of carboxylic acid groups (broad SMARTS) is 1. The third-order valence-corrected chi connectivity index (χ3v) is 3.81. The highest BCUT2D eigenvalue weighted by Gasteiger charge is 2.42. The smallest absolute Gasteiger partial charge is 0.407 e. The Morgan fingerprint density at radius 3 is 2.32 bits per heavy atom. The molecule has 0 bridgehead atoms. The molecule has 2 N–H and O–H groups in total. The zero-order valence-electron chi connectivity index (χ0n) is 11.3. The van der Waals surface area contributed by atoms with Crippen LogP contribution in [0.5, 0.6) is 5.75 Å². The summed E-state index contributed by atoms with van der Waals surface area (Å²) in [5.74, 6) is 0.334. The minimum absolute atomic E-state index is 0.256. The Morgan fingerprint density at radius 2 is 1.84 bits per heavy atom. The Hall–Kier alpha value is -1.13. The minimum atomic E-state index is -1.17. The molecule has 0 aliphatic carbocycles. The molecule has 1 aromatic rings. The third-order valence-electron chi connectivity index (χ3n) is 3.01. The van der Waals surface area contributed by atoms with Crippen LogP contribution in [0.3, 0.4) is 0 Å². The normalized spacial score (nSPS) is 14.6. The molecule has 1 atom stereocenters. The lowest BCUT2D eigenvalue weighted by molar-refractivity contribution is -0.0406. The predicted octanol–water partition coefficient (Wildman–Crippen LogP) is 4.40. The molecule has 0 aromatic heterocycles. The summed E-state index contributed by atoms with van der Waals surface area (Å²) in [7, 11) is 0. The van der Waals surface area contributed by atoms with E-state index < -0.39 is 17.2 Å². The monoisotopic (exact) mass is 305 g/mol. The van der Waals surface area contributed by atoms with Crippen molar-refractivity contribution in [3.05, 3.63) is 28.2 Å². The number of ether oxygens (including phenoxy) is 1. The number of nitrogens with one attached hydrogen (secondary N) is 1. The fraction of sp³-hybridized carbons (Fsp3) is 0.462. The lowest BCUT2D eigenvalue weighted by Crippen LogP contribution is -2.58. The van der Waals surface area contributed by atoms with Crippen molar-refractivity contribution in [1.29, 1.82) is 0 Å². The first-order chi connectivity index (χ1) is 8.57. The maximum absolute atomic E-state index is 11.0. The molecule has 106 valence electrons. The van der Waals surface area contributed by atoms with Crippen LogP contribution in [0.2, 0.25) is 10.0 Å². The van der Waals surface area contributed by atoms with E-state index >= 15 is 0 Å². The van der Waals surface area contributed by atoms with Gasteiger partial charge in [0.25, 0.3) is 0 Å². The highest BCUT2D eigenvalue weighted by Crippen LogP contribution is 2.38. The van der Waals surface area contributed by atoms with Crippen molar-refractivity contribution in [2.75, 3.05) is 0 Å². The van der Waals surface area contributed by atoms with Gasteiger partial charge >= 0.3 is 6.09 Å². The second-order valence-corrected chi connectivity index (χ2v) is 6.15. The summed E-state index contributed by atoms with van der Waals surface area (Å²) < 4.78 is 5.78. The molecule has 0 aliphatic rings. The lowest BCUT2D eigenvalue weighted by atomic mass is 9.84. The summed E-state index contributed by atoms with van der Waals surface area (Å²) >= 11 is 12.0. The number of hydrogen-bond acceptors (Lipinski definition) is 2. The van der Waals surface area contributed by atoms with Gasteiger partial charge in [-0.3, -0.25) is 5.32 Å². The van der Waals surface area contributed by atoms with E-state index in [1.807, 2.05) is 20.8 Å². The van der Waals surface area contributed by atoms with Crippen molar-refractivity contribution in [3.8, 4) is 5.75 Å². The van der Waals surface area contributed by atoms with Crippen molar-refractivity contribution in [2.45, 2.75) is 33.4 Å². The van der Waals surface area contributed by atoms with E-state index in [2.05, 4.69) is 5.32 Å².